The molecule has 2 saturated carbocycles. The van der Waals surface area contributed by atoms with E-state index in [1.54, 1.807) is 0 Å². The lowest BCUT2D eigenvalue weighted by atomic mass is 10.2. The van der Waals surface area contributed by atoms with Crippen LogP contribution in [0.25, 0.3) is 0 Å². The Morgan fingerprint density at radius 2 is 1.83 bits per heavy atom. The zero-order chi connectivity index (χ0) is 12.4. The molecule has 1 aliphatic heterocycles. The fourth-order valence-corrected chi connectivity index (χ4v) is 2.82. The highest BCUT2D eigenvalue weighted by atomic mass is 15.3. The molecule has 1 heterocycles. The van der Waals surface area contributed by atoms with Gasteiger partial charge in [-0.1, -0.05) is 0 Å². The van der Waals surface area contributed by atoms with Gasteiger partial charge in [0.05, 0.1) is 12.1 Å². The molecular formula is C14H24N4. The summed E-state index contributed by atoms with van der Waals surface area (Å²) >= 11 is 0. The second-order valence-corrected chi connectivity index (χ2v) is 6.02. The SMILES string of the molecule is N#CC(CCN1CCN(C2CC2)CC1)NC1CC1. The molecule has 3 aliphatic rings. The van der Waals surface area contributed by atoms with Crippen molar-refractivity contribution in [2.45, 2.75) is 50.2 Å². The third-order valence-corrected chi connectivity index (χ3v) is 4.37. The first kappa shape index (κ1) is 12.4. The number of piperazine rings is 1. The predicted molar refractivity (Wildman–Crippen MR) is 71.2 cm³/mol. The van der Waals surface area contributed by atoms with Crippen LogP contribution >= 0.6 is 0 Å². The van der Waals surface area contributed by atoms with Crippen LogP contribution in [0.4, 0.5) is 0 Å². The number of rotatable bonds is 6. The van der Waals surface area contributed by atoms with Gasteiger partial charge in [0.15, 0.2) is 0 Å². The van der Waals surface area contributed by atoms with Gasteiger partial charge in [-0.05, 0) is 32.1 Å². The molecule has 1 atom stereocenters. The average molecular weight is 248 g/mol. The third kappa shape index (κ3) is 3.44. The van der Waals surface area contributed by atoms with Crippen LogP contribution in [0.2, 0.25) is 0 Å². The van der Waals surface area contributed by atoms with Gasteiger partial charge >= 0.3 is 0 Å². The van der Waals surface area contributed by atoms with Crippen LogP contribution in [0.5, 0.6) is 0 Å². The molecule has 0 aromatic heterocycles. The molecule has 3 rings (SSSR count). The number of nitrogens with zero attached hydrogens (tertiary/aromatic N) is 3. The summed E-state index contributed by atoms with van der Waals surface area (Å²) < 4.78 is 0. The van der Waals surface area contributed by atoms with E-state index < -0.39 is 0 Å². The van der Waals surface area contributed by atoms with E-state index in [4.69, 9.17) is 5.26 Å². The minimum Gasteiger partial charge on any atom is -0.301 e. The number of nitrogens with one attached hydrogen (secondary N) is 1. The Hall–Kier alpha value is -0.630. The van der Waals surface area contributed by atoms with Crippen LogP contribution in [0.1, 0.15) is 32.1 Å². The Morgan fingerprint density at radius 1 is 1.11 bits per heavy atom. The Labute approximate surface area is 110 Å². The summed E-state index contributed by atoms with van der Waals surface area (Å²) in [5, 5.41) is 12.5. The summed E-state index contributed by atoms with van der Waals surface area (Å²) in [6, 6.07) is 4.02. The Morgan fingerprint density at radius 3 is 2.39 bits per heavy atom. The standard InChI is InChI=1S/C14H24N4/c15-11-13(16-12-1-2-12)5-6-17-7-9-18(10-8-17)14-3-4-14/h12-14,16H,1-10H2. The molecule has 2 aliphatic carbocycles. The monoisotopic (exact) mass is 248 g/mol. The third-order valence-electron chi connectivity index (χ3n) is 4.37. The van der Waals surface area contributed by atoms with Gasteiger partial charge in [-0.3, -0.25) is 10.2 Å². The molecule has 0 aromatic carbocycles. The summed E-state index contributed by atoms with van der Waals surface area (Å²) in [4.78, 5) is 5.17. The molecule has 4 nitrogen and oxygen atoms in total. The minimum absolute atomic E-state index is 0.0685. The van der Waals surface area contributed by atoms with Gasteiger partial charge in [-0.15, -0.1) is 0 Å². The van der Waals surface area contributed by atoms with Crippen molar-refractivity contribution in [3.8, 4) is 6.07 Å². The summed E-state index contributed by atoms with van der Waals surface area (Å²) in [6.07, 6.45) is 6.34. The van der Waals surface area contributed by atoms with E-state index in [1.165, 1.54) is 51.9 Å². The molecule has 1 unspecified atom stereocenters. The van der Waals surface area contributed by atoms with Crippen LogP contribution in [-0.4, -0.2) is 60.6 Å². The molecule has 4 heteroatoms. The molecule has 0 spiro atoms. The fraction of sp³-hybridized carbons (Fsp3) is 0.929. The second kappa shape index (κ2) is 5.56. The molecule has 1 saturated heterocycles. The van der Waals surface area contributed by atoms with Crippen LogP contribution < -0.4 is 5.32 Å². The Balaban J connectivity index is 1.34. The topological polar surface area (TPSA) is 42.3 Å². The van der Waals surface area contributed by atoms with Crippen LogP contribution in [0, 0.1) is 11.3 Å². The van der Waals surface area contributed by atoms with Gasteiger partial charge in [-0.2, -0.15) is 5.26 Å². The summed E-state index contributed by atoms with van der Waals surface area (Å²) in [7, 11) is 0. The first-order chi connectivity index (χ1) is 8.85. The zero-order valence-electron chi connectivity index (χ0n) is 11.1. The largest absolute Gasteiger partial charge is 0.301 e. The maximum atomic E-state index is 9.12. The smallest absolute Gasteiger partial charge is 0.0967 e. The van der Waals surface area contributed by atoms with Crippen molar-refractivity contribution in [3.05, 3.63) is 0 Å². The molecule has 100 valence electrons. The summed E-state index contributed by atoms with van der Waals surface area (Å²) in [5.41, 5.74) is 0. The first-order valence-electron chi connectivity index (χ1n) is 7.47. The molecule has 0 aromatic rings. The van der Waals surface area contributed by atoms with E-state index in [-0.39, 0.29) is 6.04 Å². The van der Waals surface area contributed by atoms with Crippen molar-refractivity contribution in [2.24, 2.45) is 0 Å². The first-order valence-corrected chi connectivity index (χ1v) is 7.47. The molecule has 1 N–H and O–H groups in total. The van der Waals surface area contributed by atoms with E-state index >= 15 is 0 Å². The lowest BCUT2D eigenvalue weighted by molar-refractivity contribution is 0.124. The lowest BCUT2D eigenvalue weighted by Crippen LogP contribution is -2.48. The van der Waals surface area contributed by atoms with E-state index in [0.29, 0.717) is 6.04 Å². The van der Waals surface area contributed by atoms with Gasteiger partial charge in [-0.25, -0.2) is 0 Å². The molecule has 0 bridgehead atoms. The van der Waals surface area contributed by atoms with Crippen LogP contribution in [-0.2, 0) is 0 Å². The summed E-state index contributed by atoms with van der Waals surface area (Å²) in [6.45, 7) is 5.93. The van der Waals surface area contributed by atoms with E-state index in [2.05, 4.69) is 21.2 Å². The van der Waals surface area contributed by atoms with Gasteiger partial charge < -0.3 is 4.90 Å². The lowest BCUT2D eigenvalue weighted by Gasteiger charge is -2.35. The number of hydrogen-bond acceptors (Lipinski definition) is 4. The number of nitriles is 1. The normalized spacial score (nSPS) is 27.9. The highest BCUT2D eigenvalue weighted by Crippen LogP contribution is 2.27. The molecule has 0 amide bonds. The average Bonchev–Trinajstić information content (AvgIpc) is 3.29. The van der Waals surface area contributed by atoms with Crippen LogP contribution in [0.15, 0.2) is 0 Å². The molecular weight excluding hydrogens is 224 g/mol. The van der Waals surface area contributed by atoms with Gasteiger partial charge in [0, 0.05) is 44.8 Å². The number of hydrogen-bond donors (Lipinski definition) is 1. The maximum absolute atomic E-state index is 9.12. The highest BCUT2D eigenvalue weighted by Gasteiger charge is 2.31. The van der Waals surface area contributed by atoms with E-state index in [1.807, 2.05) is 0 Å². The molecule has 0 radical (unpaired) electrons. The van der Waals surface area contributed by atoms with Crippen molar-refractivity contribution >= 4 is 0 Å². The highest BCUT2D eigenvalue weighted by molar-refractivity contribution is 4.96. The van der Waals surface area contributed by atoms with Crippen molar-refractivity contribution in [3.63, 3.8) is 0 Å². The Kier molecular flexibility index (Phi) is 3.83. The van der Waals surface area contributed by atoms with Gasteiger partial charge in [0.25, 0.3) is 0 Å². The predicted octanol–water partition coefficient (Wildman–Crippen LogP) is 0.801. The van der Waals surface area contributed by atoms with E-state index in [0.717, 1.165) is 19.0 Å². The van der Waals surface area contributed by atoms with Crippen LogP contribution in [0.3, 0.4) is 0 Å². The second-order valence-electron chi connectivity index (χ2n) is 6.02. The fourth-order valence-electron chi connectivity index (χ4n) is 2.82. The minimum atomic E-state index is 0.0685. The zero-order valence-corrected chi connectivity index (χ0v) is 11.1. The molecule has 3 fully saturated rings. The van der Waals surface area contributed by atoms with E-state index in [9.17, 15) is 0 Å². The van der Waals surface area contributed by atoms with Gasteiger partial charge in [0.2, 0.25) is 0 Å². The Bertz CT molecular complexity index is 308. The summed E-state index contributed by atoms with van der Waals surface area (Å²) in [5.74, 6) is 0. The van der Waals surface area contributed by atoms with Crippen molar-refractivity contribution < 1.29 is 0 Å². The van der Waals surface area contributed by atoms with Crippen molar-refractivity contribution in [1.29, 1.82) is 5.26 Å². The van der Waals surface area contributed by atoms with Crippen molar-refractivity contribution in [1.82, 2.24) is 15.1 Å². The van der Waals surface area contributed by atoms with Crippen molar-refractivity contribution in [2.75, 3.05) is 32.7 Å². The quantitative estimate of drug-likeness (QED) is 0.755. The molecule has 18 heavy (non-hydrogen) atoms. The maximum Gasteiger partial charge on any atom is 0.0967 e. The van der Waals surface area contributed by atoms with Gasteiger partial charge in [0.1, 0.15) is 0 Å².